The van der Waals surface area contributed by atoms with E-state index < -0.39 is 0 Å². The van der Waals surface area contributed by atoms with Gasteiger partial charge in [-0.15, -0.1) is 0 Å². The third kappa shape index (κ3) is 1.96. The molecule has 0 aliphatic heterocycles. The Morgan fingerprint density at radius 3 is 2.86 bits per heavy atom. The smallest absolute Gasteiger partial charge is 0.330 e. The lowest BCUT2D eigenvalue weighted by molar-refractivity contribution is 0.414. The van der Waals surface area contributed by atoms with Crippen molar-refractivity contribution < 1.29 is 0 Å². The van der Waals surface area contributed by atoms with Gasteiger partial charge in [-0.2, -0.15) is 0 Å². The van der Waals surface area contributed by atoms with Crippen molar-refractivity contribution in [2.75, 3.05) is 0 Å². The second-order valence-electron chi connectivity index (χ2n) is 6.77. The summed E-state index contributed by atoms with van der Waals surface area (Å²) in [5.74, 6) is 2.86. The molecule has 2 fully saturated rings. The lowest BCUT2D eigenvalue weighted by Gasteiger charge is -2.15. The van der Waals surface area contributed by atoms with Crippen molar-refractivity contribution in [3.05, 3.63) is 26.7 Å². The van der Waals surface area contributed by atoms with Crippen LogP contribution in [-0.2, 0) is 6.54 Å². The molecule has 22 heavy (non-hydrogen) atoms. The first-order valence-corrected chi connectivity index (χ1v) is 8.41. The Morgan fingerprint density at radius 2 is 2.05 bits per heavy atom. The van der Waals surface area contributed by atoms with Crippen LogP contribution in [0, 0.1) is 11.8 Å². The second-order valence-corrected chi connectivity index (χ2v) is 6.77. The molecule has 0 bridgehead atoms. The van der Waals surface area contributed by atoms with Crippen molar-refractivity contribution in [2.24, 2.45) is 11.8 Å². The van der Waals surface area contributed by atoms with Crippen molar-refractivity contribution in [3.8, 4) is 0 Å². The number of hydrogen-bond acceptors (Lipinski definition) is 3. The van der Waals surface area contributed by atoms with Gasteiger partial charge in [0, 0.05) is 12.5 Å². The highest BCUT2D eigenvalue weighted by Crippen LogP contribution is 2.51. The maximum atomic E-state index is 12.1. The van der Waals surface area contributed by atoms with Crippen LogP contribution in [0.15, 0.2) is 9.59 Å². The third-order valence-electron chi connectivity index (χ3n) is 5.53. The van der Waals surface area contributed by atoms with Crippen LogP contribution in [0.5, 0.6) is 0 Å². The molecule has 6 heteroatoms. The lowest BCUT2D eigenvalue weighted by Crippen LogP contribution is -2.30. The van der Waals surface area contributed by atoms with E-state index in [1.54, 1.807) is 4.57 Å². The molecule has 2 heterocycles. The number of imidazole rings is 1. The predicted molar refractivity (Wildman–Crippen MR) is 84.1 cm³/mol. The highest BCUT2D eigenvalue weighted by molar-refractivity contribution is 5.69. The molecule has 2 N–H and O–H groups in total. The molecule has 0 saturated heterocycles. The first-order chi connectivity index (χ1) is 10.7. The Bertz CT molecular complexity index is 816. The summed E-state index contributed by atoms with van der Waals surface area (Å²) in [6.45, 7) is 2.59. The molecule has 2 aromatic rings. The van der Waals surface area contributed by atoms with E-state index in [0.29, 0.717) is 29.5 Å². The first-order valence-electron chi connectivity index (χ1n) is 8.41. The van der Waals surface area contributed by atoms with Gasteiger partial charge in [-0.25, -0.2) is 9.78 Å². The highest BCUT2D eigenvalue weighted by atomic mass is 16.2. The predicted octanol–water partition coefficient (Wildman–Crippen LogP) is 2.12. The summed E-state index contributed by atoms with van der Waals surface area (Å²) in [6, 6.07) is 0. The summed E-state index contributed by atoms with van der Waals surface area (Å²) in [6.07, 6.45) is 7.16. The minimum absolute atomic E-state index is 0.355. The number of rotatable bonds is 3. The summed E-state index contributed by atoms with van der Waals surface area (Å²) >= 11 is 0. The average molecular weight is 302 g/mol. The molecule has 2 saturated carbocycles. The molecule has 0 aromatic carbocycles. The fourth-order valence-corrected chi connectivity index (χ4v) is 4.57. The van der Waals surface area contributed by atoms with E-state index in [2.05, 4.69) is 15.0 Å². The van der Waals surface area contributed by atoms with E-state index in [9.17, 15) is 9.59 Å². The summed E-state index contributed by atoms with van der Waals surface area (Å²) in [5, 5.41) is 0. The Balaban J connectivity index is 1.83. The summed E-state index contributed by atoms with van der Waals surface area (Å²) in [4.78, 5) is 34.4. The van der Waals surface area contributed by atoms with Crippen LogP contribution in [0.25, 0.3) is 11.2 Å². The number of fused-ring (bicyclic) bond motifs is 2. The summed E-state index contributed by atoms with van der Waals surface area (Å²) in [5.41, 5.74) is 0.256. The zero-order valence-electron chi connectivity index (χ0n) is 12.9. The van der Waals surface area contributed by atoms with Gasteiger partial charge in [-0.1, -0.05) is 19.8 Å². The molecule has 0 amide bonds. The average Bonchev–Trinajstić information content (AvgIpc) is 3.17. The Morgan fingerprint density at radius 1 is 1.18 bits per heavy atom. The second kappa shape index (κ2) is 5.11. The number of nitrogens with zero attached hydrogens (tertiary/aromatic N) is 2. The van der Waals surface area contributed by atoms with Crippen LogP contribution in [-0.4, -0.2) is 19.5 Å². The van der Waals surface area contributed by atoms with Gasteiger partial charge < -0.3 is 4.98 Å². The zero-order chi connectivity index (χ0) is 15.3. The van der Waals surface area contributed by atoms with Crippen LogP contribution < -0.4 is 11.2 Å². The summed E-state index contributed by atoms with van der Waals surface area (Å²) in [7, 11) is 0. The normalized spacial score (nSPS) is 27.6. The van der Waals surface area contributed by atoms with Gasteiger partial charge in [-0.3, -0.25) is 14.3 Å². The Hall–Kier alpha value is -1.85. The number of hydrogen-bond donors (Lipinski definition) is 2. The number of H-pyrrole nitrogens is 2. The molecule has 2 aliphatic rings. The van der Waals surface area contributed by atoms with Gasteiger partial charge in [0.15, 0.2) is 5.65 Å². The van der Waals surface area contributed by atoms with Gasteiger partial charge in [0.25, 0.3) is 5.56 Å². The molecule has 3 atom stereocenters. The van der Waals surface area contributed by atoms with Crippen molar-refractivity contribution in [3.63, 3.8) is 0 Å². The van der Waals surface area contributed by atoms with E-state index in [-0.39, 0.29) is 11.2 Å². The number of aryl methyl sites for hydroxylation is 1. The molecule has 2 aromatic heterocycles. The summed E-state index contributed by atoms with van der Waals surface area (Å²) < 4.78 is 1.58. The van der Waals surface area contributed by atoms with Gasteiger partial charge in [0.2, 0.25) is 0 Å². The highest BCUT2D eigenvalue weighted by Gasteiger charge is 2.41. The standard InChI is InChI=1S/C16H22N4O2/c1-2-8-20-14-12(15(21)19-16(20)22)17-13(18-14)11-7-6-9-4-3-5-10(9)11/h9-11H,2-8H2,1H3,(H,17,18)(H,19,21,22)/t9-,10-,11-/m1/s1. The van der Waals surface area contributed by atoms with Gasteiger partial charge in [0.1, 0.15) is 11.3 Å². The van der Waals surface area contributed by atoms with Crippen molar-refractivity contribution in [1.82, 2.24) is 19.5 Å². The van der Waals surface area contributed by atoms with E-state index in [1.807, 2.05) is 6.92 Å². The number of aromatic nitrogens is 4. The van der Waals surface area contributed by atoms with Crippen molar-refractivity contribution in [2.45, 2.75) is 57.9 Å². The van der Waals surface area contributed by atoms with Crippen molar-refractivity contribution >= 4 is 11.2 Å². The van der Waals surface area contributed by atoms with Crippen molar-refractivity contribution in [1.29, 1.82) is 0 Å². The topological polar surface area (TPSA) is 83.5 Å². The third-order valence-corrected chi connectivity index (χ3v) is 5.53. The fourth-order valence-electron chi connectivity index (χ4n) is 4.57. The Labute approximate surface area is 128 Å². The Kier molecular flexibility index (Phi) is 3.20. The van der Waals surface area contributed by atoms with E-state index in [4.69, 9.17) is 0 Å². The van der Waals surface area contributed by atoms with Crippen LogP contribution >= 0.6 is 0 Å². The fraction of sp³-hybridized carbons (Fsp3) is 0.688. The van der Waals surface area contributed by atoms with Crippen LogP contribution in [0.1, 0.15) is 57.2 Å². The van der Waals surface area contributed by atoms with E-state index >= 15 is 0 Å². The van der Waals surface area contributed by atoms with Gasteiger partial charge >= 0.3 is 5.69 Å². The quantitative estimate of drug-likeness (QED) is 0.911. The molecule has 118 valence electrons. The largest absolute Gasteiger partial charge is 0.336 e. The lowest BCUT2D eigenvalue weighted by atomic mass is 9.91. The first kappa shape index (κ1) is 13.8. The molecular weight excluding hydrogens is 280 g/mol. The van der Waals surface area contributed by atoms with E-state index in [1.165, 1.54) is 25.7 Å². The van der Waals surface area contributed by atoms with Gasteiger partial charge in [0.05, 0.1) is 0 Å². The number of aromatic amines is 2. The van der Waals surface area contributed by atoms with E-state index in [0.717, 1.165) is 24.6 Å². The monoisotopic (exact) mass is 302 g/mol. The molecule has 0 unspecified atom stereocenters. The van der Waals surface area contributed by atoms with Crippen LogP contribution in [0.2, 0.25) is 0 Å². The molecule has 2 aliphatic carbocycles. The molecule has 0 radical (unpaired) electrons. The minimum Gasteiger partial charge on any atom is -0.336 e. The SMILES string of the molecule is CCCn1c(=O)[nH]c(=O)c2[nH]c([C@@H]3CC[C@H]4CCC[C@H]43)nc21. The molecular formula is C16H22N4O2. The number of nitrogens with one attached hydrogen (secondary N) is 2. The minimum atomic E-state index is -0.359. The molecule has 0 spiro atoms. The van der Waals surface area contributed by atoms with Crippen LogP contribution in [0.3, 0.4) is 0 Å². The maximum Gasteiger partial charge on any atom is 0.330 e. The van der Waals surface area contributed by atoms with Crippen LogP contribution in [0.4, 0.5) is 0 Å². The molecule has 6 nitrogen and oxygen atoms in total. The maximum absolute atomic E-state index is 12.1. The molecule has 4 rings (SSSR count). The zero-order valence-corrected chi connectivity index (χ0v) is 12.9. The van der Waals surface area contributed by atoms with Gasteiger partial charge in [-0.05, 0) is 37.5 Å².